The fourth-order valence-electron chi connectivity index (χ4n) is 4.28. The fraction of sp³-hybridized carbons (Fsp3) is 0.440. The molecule has 10 heteroatoms. The summed E-state index contributed by atoms with van der Waals surface area (Å²) in [5, 5.41) is 3.53. The molecule has 0 aromatic heterocycles. The average Bonchev–Trinajstić information content (AvgIpc) is 3.26. The number of anilines is 1. The molecule has 1 N–H and O–H groups in total. The van der Waals surface area contributed by atoms with Crippen molar-refractivity contribution < 1.29 is 18.0 Å². The predicted octanol–water partition coefficient (Wildman–Crippen LogP) is 4.54. The van der Waals surface area contributed by atoms with E-state index in [2.05, 4.69) is 5.32 Å². The van der Waals surface area contributed by atoms with Crippen LogP contribution in [0.3, 0.4) is 0 Å². The molecule has 35 heavy (non-hydrogen) atoms. The van der Waals surface area contributed by atoms with Gasteiger partial charge in [0.2, 0.25) is 21.8 Å². The number of carbonyl (C=O) groups is 2. The monoisotopic (exact) mass is 539 g/mol. The molecule has 0 saturated heterocycles. The van der Waals surface area contributed by atoms with Crippen LogP contribution in [-0.2, 0) is 26.2 Å². The van der Waals surface area contributed by atoms with Gasteiger partial charge in [0, 0.05) is 22.6 Å². The maximum atomic E-state index is 13.6. The second-order valence-corrected chi connectivity index (χ2v) is 11.9. The van der Waals surface area contributed by atoms with Crippen LogP contribution in [0.25, 0.3) is 0 Å². The number of carbonyl (C=O) groups excluding carboxylic acids is 2. The van der Waals surface area contributed by atoms with Crippen molar-refractivity contribution in [3.05, 3.63) is 63.6 Å². The summed E-state index contributed by atoms with van der Waals surface area (Å²) in [5.74, 6) is -0.767. The van der Waals surface area contributed by atoms with Gasteiger partial charge in [-0.25, -0.2) is 8.42 Å². The maximum absolute atomic E-state index is 13.6. The standard InChI is InChI=1S/C25H31Cl2N3O4S/c1-17-7-6-8-19(11-17)15-29(18(2)25(32)28-22-9-4-5-10-22)24(31)16-30(35(3,33)34)23-13-20(26)12-21(27)14-23/h6-8,11-14,18,22H,4-5,9-10,15-16H2,1-3H3,(H,28,32)/t18-/m1/s1. The van der Waals surface area contributed by atoms with Crippen molar-refractivity contribution in [1.29, 1.82) is 0 Å². The van der Waals surface area contributed by atoms with Crippen LogP contribution in [0.5, 0.6) is 0 Å². The summed E-state index contributed by atoms with van der Waals surface area (Å²) in [7, 11) is -3.86. The SMILES string of the molecule is Cc1cccc(CN(C(=O)CN(c2cc(Cl)cc(Cl)c2)S(C)(=O)=O)[C@H](C)C(=O)NC2CCCC2)c1. The van der Waals surface area contributed by atoms with E-state index in [0.29, 0.717) is 0 Å². The lowest BCUT2D eigenvalue weighted by Crippen LogP contribution is -2.52. The first kappa shape index (κ1) is 27.3. The molecule has 0 spiro atoms. The number of rotatable bonds is 9. The lowest BCUT2D eigenvalue weighted by atomic mass is 10.1. The summed E-state index contributed by atoms with van der Waals surface area (Å²) in [6.07, 6.45) is 4.98. The molecule has 2 aromatic carbocycles. The Morgan fingerprint density at radius 3 is 2.29 bits per heavy atom. The van der Waals surface area contributed by atoms with Crippen molar-refractivity contribution in [3.8, 4) is 0 Å². The Morgan fingerprint density at radius 1 is 1.09 bits per heavy atom. The van der Waals surface area contributed by atoms with Gasteiger partial charge in [0.15, 0.2) is 0 Å². The summed E-state index contributed by atoms with van der Waals surface area (Å²) >= 11 is 12.2. The third kappa shape index (κ3) is 7.59. The number of hydrogen-bond acceptors (Lipinski definition) is 4. The highest BCUT2D eigenvalue weighted by Gasteiger charge is 2.31. The highest BCUT2D eigenvalue weighted by Crippen LogP contribution is 2.27. The molecular weight excluding hydrogens is 509 g/mol. The first-order chi connectivity index (χ1) is 16.4. The quantitative estimate of drug-likeness (QED) is 0.506. The number of sulfonamides is 1. The van der Waals surface area contributed by atoms with Gasteiger partial charge in [-0.1, -0.05) is 65.9 Å². The van der Waals surface area contributed by atoms with Crippen molar-refractivity contribution >= 4 is 50.7 Å². The van der Waals surface area contributed by atoms with Crippen LogP contribution >= 0.6 is 23.2 Å². The van der Waals surface area contributed by atoms with E-state index in [1.807, 2.05) is 31.2 Å². The van der Waals surface area contributed by atoms with Crippen molar-refractivity contribution in [1.82, 2.24) is 10.2 Å². The highest BCUT2D eigenvalue weighted by molar-refractivity contribution is 7.92. The Bertz CT molecular complexity index is 1160. The number of aryl methyl sites for hydroxylation is 1. The molecule has 1 atom stereocenters. The van der Waals surface area contributed by atoms with E-state index >= 15 is 0 Å². The number of hydrogen-bond donors (Lipinski definition) is 1. The minimum atomic E-state index is -3.86. The van der Waals surface area contributed by atoms with Crippen LogP contribution in [0.15, 0.2) is 42.5 Å². The summed E-state index contributed by atoms with van der Waals surface area (Å²) < 4.78 is 26.2. The molecular formula is C25H31Cl2N3O4S. The van der Waals surface area contributed by atoms with E-state index in [0.717, 1.165) is 47.4 Å². The maximum Gasteiger partial charge on any atom is 0.244 e. The van der Waals surface area contributed by atoms with E-state index in [9.17, 15) is 18.0 Å². The zero-order valence-corrected chi connectivity index (χ0v) is 22.5. The van der Waals surface area contributed by atoms with Crippen LogP contribution in [0.2, 0.25) is 10.0 Å². The van der Waals surface area contributed by atoms with Gasteiger partial charge in [0.25, 0.3) is 0 Å². The Morgan fingerprint density at radius 2 is 1.71 bits per heavy atom. The third-order valence-electron chi connectivity index (χ3n) is 6.12. The zero-order valence-electron chi connectivity index (χ0n) is 20.1. The molecule has 7 nitrogen and oxygen atoms in total. The molecule has 190 valence electrons. The fourth-order valence-corrected chi connectivity index (χ4v) is 5.63. The largest absolute Gasteiger partial charge is 0.352 e. The van der Waals surface area contributed by atoms with Crippen LogP contribution in [-0.4, -0.2) is 50.0 Å². The highest BCUT2D eigenvalue weighted by atomic mass is 35.5. The lowest BCUT2D eigenvalue weighted by molar-refractivity contribution is -0.139. The molecule has 2 amide bonds. The smallest absolute Gasteiger partial charge is 0.244 e. The molecule has 0 unspecified atom stereocenters. The topological polar surface area (TPSA) is 86.8 Å². The Hall–Kier alpha value is -2.29. The first-order valence-electron chi connectivity index (χ1n) is 11.5. The number of amides is 2. The van der Waals surface area contributed by atoms with Crippen LogP contribution in [0, 0.1) is 6.92 Å². The minimum Gasteiger partial charge on any atom is -0.352 e. The van der Waals surface area contributed by atoms with E-state index in [1.54, 1.807) is 6.92 Å². The Kier molecular flexibility index (Phi) is 9.07. The third-order valence-corrected chi connectivity index (χ3v) is 7.70. The van der Waals surface area contributed by atoms with Gasteiger partial charge in [-0.05, 0) is 50.5 Å². The molecule has 1 fully saturated rings. The molecule has 0 bridgehead atoms. The van der Waals surface area contributed by atoms with E-state index in [4.69, 9.17) is 23.2 Å². The number of nitrogens with one attached hydrogen (secondary N) is 1. The first-order valence-corrected chi connectivity index (χ1v) is 14.1. The molecule has 1 aliphatic carbocycles. The van der Waals surface area contributed by atoms with E-state index in [-0.39, 0.29) is 34.2 Å². The van der Waals surface area contributed by atoms with E-state index in [1.165, 1.54) is 23.1 Å². The number of halogens is 2. The van der Waals surface area contributed by atoms with Gasteiger partial charge in [-0.15, -0.1) is 0 Å². The van der Waals surface area contributed by atoms with Gasteiger partial charge < -0.3 is 10.2 Å². The van der Waals surface area contributed by atoms with Crippen molar-refractivity contribution in [2.75, 3.05) is 17.1 Å². The second kappa shape index (κ2) is 11.6. The molecule has 1 aliphatic rings. The summed E-state index contributed by atoms with van der Waals surface area (Å²) in [6, 6.07) is 11.3. The van der Waals surface area contributed by atoms with Crippen LogP contribution < -0.4 is 9.62 Å². The van der Waals surface area contributed by atoms with Gasteiger partial charge in [0.05, 0.1) is 11.9 Å². The minimum absolute atomic E-state index is 0.0991. The summed E-state index contributed by atoms with van der Waals surface area (Å²) in [5.41, 5.74) is 2.04. The number of nitrogens with zero attached hydrogens (tertiary/aromatic N) is 2. The molecule has 0 heterocycles. The van der Waals surface area contributed by atoms with Gasteiger partial charge in [-0.2, -0.15) is 0 Å². The van der Waals surface area contributed by atoms with Crippen molar-refractivity contribution in [2.24, 2.45) is 0 Å². The lowest BCUT2D eigenvalue weighted by Gasteiger charge is -2.32. The van der Waals surface area contributed by atoms with Crippen molar-refractivity contribution in [3.63, 3.8) is 0 Å². The molecule has 0 radical (unpaired) electrons. The van der Waals surface area contributed by atoms with Gasteiger partial charge in [-0.3, -0.25) is 13.9 Å². The van der Waals surface area contributed by atoms with Gasteiger partial charge >= 0.3 is 0 Å². The predicted molar refractivity (Wildman–Crippen MR) is 140 cm³/mol. The summed E-state index contributed by atoms with van der Waals surface area (Å²) in [6.45, 7) is 3.27. The average molecular weight is 541 g/mol. The normalized spacial score (nSPS) is 15.0. The Labute approximate surface area is 217 Å². The van der Waals surface area contributed by atoms with E-state index < -0.39 is 28.5 Å². The van der Waals surface area contributed by atoms with Crippen molar-refractivity contribution in [2.45, 2.75) is 58.2 Å². The number of benzene rings is 2. The summed E-state index contributed by atoms with van der Waals surface area (Å²) in [4.78, 5) is 28.1. The zero-order chi connectivity index (χ0) is 25.8. The Balaban J connectivity index is 1.90. The van der Waals surface area contributed by atoms with Crippen LogP contribution in [0.4, 0.5) is 5.69 Å². The van der Waals surface area contributed by atoms with Crippen LogP contribution in [0.1, 0.15) is 43.7 Å². The second-order valence-electron chi connectivity index (χ2n) is 9.07. The molecule has 0 aliphatic heterocycles. The molecule has 3 rings (SSSR count). The molecule has 1 saturated carbocycles. The van der Waals surface area contributed by atoms with Gasteiger partial charge in [0.1, 0.15) is 12.6 Å². The molecule has 2 aromatic rings.